The molecule has 0 heterocycles. The van der Waals surface area contributed by atoms with Crippen molar-refractivity contribution in [3.63, 3.8) is 0 Å². The fourth-order valence-electron chi connectivity index (χ4n) is 3.39. The van der Waals surface area contributed by atoms with Crippen LogP contribution in [0, 0.1) is 0 Å². The van der Waals surface area contributed by atoms with Crippen molar-refractivity contribution in [2.24, 2.45) is 0 Å². The zero-order chi connectivity index (χ0) is 19.2. The molecule has 0 unspecified atom stereocenters. The molecule has 1 aliphatic rings. The molecule has 0 fully saturated rings. The predicted molar refractivity (Wildman–Crippen MR) is 107 cm³/mol. The van der Waals surface area contributed by atoms with Crippen LogP contribution in [-0.4, -0.2) is 41.3 Å². The summed E-state index contributed by atoms with van der Waals surface area (Å²) < 4.78 is 5.41. The molecule has 3 rings (SSSR count). The third kappa shape index (κ3) is 4.45. The van der Waals surface area contributed by atoms with Gasteiger partial charge in [-0.3, -0.25) is 0 Å². The van der Waals surface area contributed by atoms with Crippen LogP contribution in [0.2, 0.25) is 0 Å². The highest BCUT2D eigenvalue weighted by Gasteiger charge is 2.29. The summed E-state index contributed by atoms with van der Waals surface area (Å²) >= 11 is 1.64. The first kappa shape index (κ1) is 19.3. The normalized spacial score (nSPS) is 13.5. The van der Waals surface area contributed by atoms with Gasteiger partial charge in [0.05, 0.1) is 0 Å². The molecule has 0 radical (unpaired) electrons. The lowest BCUT2D eigenvalue weighted by molar-refractivity contribution is -0.139. The van der Waals surface area contributed by atoms with Gasteiger partial charge in [0.25, 0.3) is 0 Å². The number of amides is 1. The topological polar surface area (TPSA) is 75.6 Å². The number of thioether (sulfide) groups is 1. The summed E-state index contributed by atoms with van der Waals surface area (Å²) in [6, 6.07) is 15.2. The van der Waals surface area contributed by atoms with Gasteiger partial charge in [-0.05, 0) is 40.2 Å². The first-order chi connectivity index (χ1) is 13.1. The van der Waals surface area contributed by atoms with Crippen molar-refractivity contribution in [1.82, 2.24) is 5.32 Å². The Balaban J connectivity index is 1.64. The number of fused-ring (bicyclic) bond motifs is 3. The lowest BCUT2D eigenvalue weighted by Crippen LogP contribution is -2.41. The molecule has 2 aromatic rings. The van der Waals surface area contributed by atoms with Crippen molar-refractivity contribution in [1.29, 1.82) is 0 Å². The molecule has 142 valence electrons. The summed E-state index contributed by atoms with van der Waals surface area (Å²) in [6.07, 6.45) is -0.316. The average Bonchev–Trinajstić information content (AvgIpc) is 2.99. The lowest BCUT2D eigenvalue weighted by atomic mass is 9.98. The monoisotopic (exact) mass is 385 g/mol. The van der Waals surface area contributed by atoms with Crippen LogP contribution < -0.4 is 5.32 Å². The zero-order valence-electron chi connectivity index (χ0n) is 15.2. The first-order valence-electron chi connectivity index (χ1n) is 9.04. The number of nitrogens with one attached hydrogen (secondary N) is 1. The van der Waals surface area contributed by atoms with Crippen LogP contribution in [0.4, 0.5) is 4.79 Å². The van der Waals surface area contributed by atoms with Crippen molar-refractivity contribution in [2.45, 2.75) is 25.3 Å². The van der Waals surface area contributed by atoms with E-state index in [1.54, 1.807) is 11.8 Å². The molecule has 1 atom stereocenters. The minimum absolute atomic E-state index is 0.0397. The van der Waals surface area contributed by atoms with Gasteiger partial charge < -0.3 is 15.2 Å². The number of alkyl carbamates (subject to hydrolysis) is 1. The molecule has 2 N–H and O–H groups in total. The molecule has 0 aromatic heterocycles. The number of aliphatic carboxylic acids is 1. The maximum Gasteiger partial charge on any atom is 0.407 e. The Morgan fingerprint density at radius 1 is 1.11 bits per heavy atom. The van der Waals surface area contributed by atoms with Gasteiger partial charge in [0.1, 0.15) is 12.6 Å². The molecule has 1 aliphatic carbocycles. The first-order valence-corrected chi connectivity index (χ1v) is 10.2. The van der Waals surface area contributed by atoms with E-state index < -0.39 is 18.1 Å². The van der Waals surface area contributed by atoms with Crippen molar-refractivity contribution in [3.8, 4) is 11.1 Å². The largest absolute Gasteiger partial charge is 0.480 e. The second kappa shape index (κ2) is 8.95. The zero-order valence-corrected chi connectivity index (χ0v) is 16.0. The van der Waals surface area contributed by atoms with E-state index in [4.69, 9.17) is 4.74 Å². The molecule has 2 aromatic carbocycles. The minimum atomic E-state index is -1.04. The quantitative estimate of drug-likeness (QED) is 0.669. The SMILES string of the molecule is CCSCC[C@@H](NC(=O)OCC1c2ccccc2-c2ccccc21)C(=O)O. The summed E-state index contributed by atoms with van der Waals surface area (Å²) in [6.45, 7) is 2.19. The van der Waals surface area contributed by atoms with Crippen molar-refractivity contribution in [2.75, 3.05) is 18.1 Å². The van der Waals surface area contributed by atoms with E-state index in [2.05, 4.69) is 17.4 Å². The van der Waals surface area contributed by atoms with Gasteiger partial charge in [-0.2, -0.15) is 11.8 Å². The molecule has 0 saturated heterocycles. The van der Waals surface area contributed by atoms with Gasteiger partial charge in [-0.1, -0.05) is 55.5 Å². The van der Waals surface area contributed by atoms with Crippen LogP contribution in [0.5, 0.6) is 0 Å². The molecular weight excluding hydrogens is 362 g/mol. The molecule has 1 amide bonds. The lowest BCUT2D eigenvalue weighted by Gasteiger charge is -2.17. The van der Waals surface area contributed by atoms with Gasteiger partial charge in [-0.15, -0.1) is 0 Å². The summed E-state index contributed by atoms with van der Waals surface area (Å²) in [7, 11) is 0. The van der Waals surface area contributed by atoms with E-state index in [9.17, 15) is 14.7 Å². The third-order valence-corrected chi connectivity index (χ3v) is 5.62. The number of ether oxygens (including phenoxy) is 1. The Morgan fingerprint density at radius 3 is 2.26 bits per heavy atom. The number of carbonyl (C=O) groups excluding carboxylic acids is 1. The van der Waals surface area contributed by atoms with Gasteiger partial charge >= 0.3 is 12.1 Å². The maximum atomic E-state index is 12.2. The van der Waals surface area contributed by atoms with Crippen molar-refractivity contribution >= 4 is 23.8 Å². The van der Waals surface area contributed by atoms with Crippen LogP contribution in [0.15, 0.2) is 48.5 Å². The Kier molecular flexibility index (Phi) is 6.40. The minimum Gasteiger partial charge on any atom is -0.480 e. The number of carboxylic acids is 1. The number of benzene rings is 2. The van der Waals surface area contributed by atoms with Crippen LogP contribution >= 0.6 is 11.8 Å². The summed E-state index contributed by atoms with van der Waals surface area (Å²) in [5.74, 6) is 0.510. The fourth-order valence-corrected chi connectivity index (χ4v) is 4.08. The Labute approximate surface area is 163 Å². The highest BCUT2D eigenvalue weighted by molar-refractivity contribution is 7.99. The van der Waals surface area contributed by atoms with E-state index in [0.717, 1.165) is 28.0 Å². The average molecular weight is 385 g/mol. The van der Waals surface area contributed by atoms with Gasteiger partial charge in [0.2, 0.25) is 0 Å². The molecule has 27 heavy (non-hydrogen) atoms. The van der Waals surface area contributed by atoms with Crippen molar-refractivity contribution < 1.29 is 19.4 Å². The number of carboxylic acid groups (broad SMARTS) is 1. The van der Waals surface area contributed by atoms with Crippen LogP contribution in [0.1, 0.15) is 30.4 Å². The molecule has 5 nitrogen and oxygen atoms in total. The number of rotatable bonds is 8. The maximum absolute atomic E-state index is 12.2. The number of hydrogen-bond donors (Lipinski definition) is 2. The highest BCUT2D eigenvalue weighted by atomic mass is 32.2. The summed E-state index contributed by atoms with van der Waals surface area (Å²) in [5, 5.41) is 11.8. The standard InChI is InChI=1S/C21H23NO4S/c1-2-27-12-11-19(20(23)24)22-21(25)26-13-18-16-9-5-3-7-14(16)15-8-4-6-10-17(15)18/h3-10,18-19H,2,11-13H2,1H3,(H,22,25)(H,23,24)/t19-/m1/s1. The summed E-state index contributed by atoms with van der Waals surface area (Å²) in [4.78, 5) is 23.5. The molecule has 0 spiro atoms. The van der Waals surface area contributed by atoms with Crippen LogP contribution in [0.25, 0.3) is 11.1 Å². The second-order valence-electron chi connectivity index (χ2n) is 6.35. The van der Waals surface area contributed by atoms with Gasteiger partial charge in [0, 0.05) is 5.92 Å². The van der Waals surface area contributed by atoms with Gasteiger partial charge in [-0.25, -0.2) is 9.59 Å². The van der Waals surface area contributed by atoms with Crippen LogP contribution in [0.3, 0.4) is 0 Å². The van der Waals surface area contributed by atoms with E-state index in [1.807, 2.05) is 43.3 Å². The molecular formula is C21H23NO4S. The van der Waals surface area contributed by atoms with Crippen LogP contribution in [-0.2, 0) is 9.53 Å². The van der Waals surface area contributed by atoms with E-state index in [0.29, 0.717) is 12.2 Å². The fraction of sp³-hybridized carbons (Fsp3) is 0.333. The highest BCUT2D eigenvalue weighted by Crippen LogP contribution is 2.44. The number of carbonyl (C=O) groups is 2. The van der Waals surface area contributed by atoms with E-state index >= 15 is 0 Å². The third-order valence-electron chi connectivity index (χ3n) is 4.69. The predicted octanol–water partition coefficient (Wildman–Crippen LogP) is 4.12. The van der Waals surface area contributed by atoms with E-state index in [-0.39, 0.29) is 12.5 Å². The molecule has 6 heteroatoms. The van der Waals surface area contributed by atoms with Gasteiger partial charge in [0.15, 0.2) is 0 Å². The van der Waals surface area contributed by atoms with Crippen molar-refractivity contribution in [3.05, 3.63) is 59.7 Å². The number of hydrogen-bond acceptors (Lipinski definition) is 4. The second-order valence-corrected chi connectivity index (χ2v) is 7.74. The Hall–Kier alpha value is -2.47. The Bertz CT molecular complexity index is 778. The molecule has 0 saturated carbocycles. The molecule has 0 aliphatic heterocycles. The Morgan fingerprint density at radius 2 is 1.70 bits per heavy atom. The molecule has 0 bridgehead atoms. The van der Waals surface area contributed by atoms with E-state index in [1.165, 1.54) is 0 Å². The summed E-state index contributed by atoms with van der Waals surface area (Å²) in [5.41, 5.74) is 4.56. The smallest absolute Gasteiger partial charge is 0.407 e.